The number of halogens is 2. The van der Waals surface area contributed by atoms with Gasteiger partial charge in [-0.3, -0.25) is 4.99 Å². The summed E-state index contributed by atoms with van der Waals surface area (Å²) in [6, 6.07) is 13.5. The van der Waals surface area contributed by atoms with Gasteiger partial charge in [0.05, 0.1) is 0 Å². The molecule has 0 aromatic heterocycles. The number of guanidine groups is 1. The maximum atomic E-state index is 13.5. The van der Waals surface area contributed by atoms with Crippen molar-refractivity contribution in [3.8, 4) is 0 Å². The van der Waals surface area contributed by atoms with Gasteiger partial charge in [0, 0.05) is 64.1 Å². The average Bonchev–Trinajstić information content (AvgIpc) is 2.81. The van der Waals surface area contributed by atoms with Crippen molar-refractivity contribution in [2.75, 3.05) is 57.9 Å². The molecular weight excluding hydrogens is 398 g/mol. The van der Waals surface area contributed by atoms with Crippen LogP contribution in [0.25, 0.3) is 0 Å². The van der Waals surface area contributed by atoms with Crippen LogP contribution in [0.4, 0.5) is 14.5 Å². The van der Waals surface area contributed by atoms with Crippen LogP contribution < -0.4 is 10.2 Å². The molecule has 31 heavy (non-hydrogen) atoms. The van der Waals surface area contributed by atoms with E-state index in [1.807, 2.05) is 31.3 Å². The van der Waals surface area contributed by atoms with Gasteiger partial charge in [0.2, 0.25) is 0 Å². The quantitative estimate of drug-likeness (QED) is 0.599. The topological polar surface area (TPSA) is 40.1 Å². The van der Waals surface area contributed by atoms with E-state index in [1.165, 1.54) is 24.3 Å². The molecule has 0 bridgehead atoms. The number of nitrogens with zero attached hydrogens (tertiary/aromatic N) is 3. The van der Waals surface area contributed by atoms with Crippen molar-refractivity contribution >= 4 is 11.6 Å². The molecule has 2 saturated heterocycles. The second-order valence-electron chi connectivity index (χ2n) is 8.25. The number of aliphatic imine (C=N–C) groups is 1. The molecule has 2 aromatic carbocycles. The van der Waals surface area contributed by atoms with Crippen LogP contribution in [0.3, 0.4) is 0 Å². The molecule has 2 aliphatic rings. The Balaban J connectivity index is 1.39. The molecule has 0 radical (unpaired) electrons. The van der Waals surface area contributed by atoms with Crippen LogP contribution in [0.2, 0.25) is 0 Å². The van der Waals surface area contributed by atoms with Gasteiger partial charge in [-0.1, -0.05) is 12.1 Å². The lowest BCUT2D eigenvalue weighted by Crippen LogP contribution is -2.55. The molecule has 166 valence electrons. The summed E-state index contributed by atoms with van der Waals surface area (Å²) >= 11 is 0. The Kier molecular flexibility index (Phi) is 6.70. The maximum Gasteiger partial charge on any atom is 0.193 e. The van der Waals surface area contributed by atoms with Gasteiger partial charge in [0.25, 0.3) is 0 Å². The van der Waals surface area contributed by atoms with E-state index in [2.05, 4.69) is 20.1 Å². The molecule has 0 amide bonds. The highest BCUT2D eigenvalue weighted by Gasteiger charge is 2.35. The van der Waals surface area contributed by atoms with Crippen LogP contribution >= 0.6 is 0 Å². The zero-order valence-corrected chi connectivity index (χ0v) is 18.0. The van der Waals surface area contributed by atoms with Gasteiger partial charge in [-0.2, -0.15) is 0 Å². The molecule has 0 atom stereocenters. The van der Waals surface area contributed by atoms with Crippen LogP contribution in [0.15, 0.2) is 53.5 Å². The summed E-state index contributed by atoms with van der Waals surface area (Å²) in [5.41, 5.74) is 2.08. The monoisotopic (exact) mass is 428 g/mol. The Labute approximate surface area is 182 Å². The summed E-state index contributed by atoms with van der Waals surface area (Å²) in [7, 11) is 1.81. The molecule has 2 heterocycles. The molecule has 2 fully saturated rings. The molecular formula is C24H30F2N4O. The van der Waals surface area contributed by atoms with E-state index < -0.39 is 0 Å². The molecule has 0 unspecified atom stereocenters. The summed E-state index contributed by atoms with van der Waals surface area (Å²) in [5.74, 6) is 0.454. The molecule has 5 nitrogen and oxygen atoms in total. The Morgan fingerprint density at radius 3 is 2.10 bits per heavy atom. The van der Waals surface area contributed by atoms with Crippen molar-refractivity contribution in [3.63, 3.8) is 0 Å². The lowest BCUT2D eigenvalue weighted by molar-refractivity contribution is 0.0511. The van der Waals surface area contributed by atoms with E-state index >= 15 is 0 Å². The minimum Gasteiger partial charge on any atom is -0.381 e. The van der Waals surface area contributed by atoms with E-state index in [4.69, 9.17) is 4.74 Å². The van der Waals surface area contributed by atoms with E-state index in [-0.39, 0.29) is 17.0 Å². The van der Waals surface area contributed by atoms with Gasteiger partial charge in [-0.25, -0.2) is 8.78 Å². The summed E-state index contributed by atoms with van der Waals surface area (Å²) in [5, 5.41) is 3.58. The number of benzene rings is 2. The third-order valence-electron chi connectivity index (χ3n) is 6.47. The summed E-state index contributed by atoms with van der Waals surface area (Å²) in [4.78, 5) is 9.04. The van der Waals surface area contributed by atoms with Crippen LogP contribution in [-0.2, 0) is 10.2 Å². The fourth-order valence-corrected chi connectivity index (χ4v) is 4.54. The van der Waals surface area contributed by atoms with Crippen LogP contribution in [0, 0.1) is 11.6 Å². The van der Waals surface area contributed by atoms with Gasteiger partial charge in [-0.15, -0.1) is 0 Å². The Morgan fingerprint density at radius 2 is 1.52 bits per heavy atom. The standard InChI is InChI=1S/C24H30F2N4O/c1-27-23(30-14-12-29(13-15-30)22-8-6-21(26)7-9-22)28-18-24(10-16-31-17-11-24)19-2-4-20(25)5-3-19/h2-9H,10-18H2,1H3,(H,27,28). The lowest BCUT2D eigenvalue weighted by atomic mass is 9.74. The first kappa shape index (κ1) is 21.6. The van der Waals surface area contributed by atoms with Gasteiger partial charge in [0.15, 0.2) is 5.96 Å². The van der Waals surface area contributed by atoms with E-state index in [1.54, 1.807) is 0 Å². The Bertz CT molecular complexity index is 871. The molecule has 2 aromatic rings. The normalized spacial score (nSPS) is 19.4. The minimum atomic E-state index is -0.214. The smallest absolute Gasteiger partial charge is 0.193 e. The number of rotatable bonds is 4. The summed E-state index contributed by atoms with van der Waals surface area (Å²) < 4.78 is 32.3. The van der Waals surface area contributed by atoms with Gasteiger partial charge < -0.3 is 19.9 Å². The second-order valence-corrected chi connectivity index (χ2v) is 8.25. The van der Waals surface area contributed by atoms with Gasteiger partial charge >= 0.3 is 0 Å². The zero-order valence-electron chi connectivity index (χ0n) is 18.0. The average molecular weight is 429 g/mol. The fraction of sp³-hybridized carbons (Fsp3) is 0.458. The maximum absolute atomic E-state index is 13.5. The second kappa shape index (κ2) is 9.64. The van der Waals surface area contributed by atoms with Crippen molar-refractivity contribution in [1.29, 1.82) is 0 Å². The Hall–Kier alpha value is -2.67. The lowest BCUT2D eigenvalue weighted by Gasteiger charge is -2.41. The number of hydrogen-bond acceptors (Lipinski definition) is 3. The summed E-state index contributed by atoms with van der Waals surface area (Å²) in [6.07, 6.45) is 1.78. The number of piperazine rings is 1. The van der Waals surface area contributed by atoms with Crippen LogP contribution in [-0.4, -0.2) is 63.8 Å². The first-order chi connectivity index (χ1) is 15.1. The van der Waals surface area contributed by atoms with Crippen LogP contribution in [0.1, 0.15) is 18.4 Å². The number of ether oxygens (including phenoxy) is 1. The molecule has 7 heteroatoms. The first-order valence-corrected chi connectivity index (χ1v) is 10.9. The SMILES string of the molecule is CN=C(NCC1(c2ccc(F)cc2)CCOCC1)N1CCN(c2ccc(F)cc2)CC1. The van der Waals surface area contributed by atoms with E-state index in [9.17, 15) is 8.78 Å². The largest absolute Gasteiger partial charge is 0.381 e. The number of anilines is 1. The predicted octanol–water partition coefficient (Wildman–Crippen LogP) is 3.41. The summed E-state index contributed by atoms with van der Waals surface area (Å²) in [6.45, 7) is 5.51. The minimum absolute atomic E-state index is 0.0994. The van der Waals surface area contributed by atoms with Gasteiger partial charge in [-0.05, 0) is 54.8 Å². The van der Waals surface area contributed by atoms with Crippen molar-refractivity contribution in [2.45, 2.75) is 18.3 Å². The predicted molar refractivity (Wildman–Crippen MR) is 120 cm³/mol. The Morgan fingerprint density at radius 1 is 0.935 bits per heavy atom. The number of nitrogens with one attached hydrogen (secondary N) is 1. The molecule has 1 N–H and O–H groups in total. The molecule has 0 saturated carbocycles. The van der Waals surface area contributed by atoms with Crippen molar-refractivity contribution in [2.24, 2.45) is 4.99 Å². The molecule has 4 rings (SSSR count). The van der Waals surface area contributed by atoms with Crippen molar-refractivity contribution in [1.82, 2.24) is 10.2 Å². The highest BCUT2D eigenvalue weighted by Crippen LogP contribution is 2.34. The molecule has 0 spiro atoms. The van der Waals surface area contributed by atoms with E-state index in [0.717, 1.165) is 62.8 Å². The van der Waals surface area contributed by atoms with Crippen molar-refractivity contribution in [3.05, 3.63) is 65.7 Å². The van der Waals surface area contributed by atoms with Gasteiger partial charge in [0.1, 0.15) is 11.6 Å². The van der Waals surface area contributed by atoms with Crippen LogP contribution in [0.5, 0.6) is 0 Å². The first-order valence-electron chi connectivity index (χ1n) is 10.9. The van der Waals surface area contributed by atoms with Crippen molar-refractivity contribution < 1.29 is 13.5 Å². The third-order valence-corrected chi connectivity index (χ3v) is 6.47. The fourth-order valence-electron chi connectivity index (χ4n) is 4.54. The highest BCUT2D eigenvalue weighted by molar-refractivity contribution is 5.80. The molecule has 2 aliphatic heterocycles. The number of hydrogen-bond donors (Lipinski definition) is 1. The molecule has 0 aliphatic carbocycles. The highest BCUT2D eigenvalue weighted by atomic mass is 19.1. The zero-order chi connectivity index (χ0) is 21.7. The van der Waals surface area contributed by atoms with E-state index in [0.29, 0.717) is 13.2 Å². The third kappa shape index (κ3) is 4.98.